The third-order valence-corrected chi connectivity index (χ3v) is 3.32. The van der Waals surface area contributed by atoms with Crippen molar-refractivity contribution in [1.82, 2.24) is 4.90 Å². The summed E-state index contributed by atoms with van der Waals surface area (Å²) in [7, 11) is 0. The Morgan fingerprint density at radius 2 is 2.35 bits per heavy atom. The Kier molecular flexibility index (Phi) is 3.48. The molecule has 90 valence electrons. The van der Waals surface area contributed by atoms with Crippen LogP contribution < -0.4 is 0 Å². The first-order valence-electron chi connectivity index (χ1n) is 5.44. The predicted molar refractivity (Wildman–Crippen MR) is 65.1 cm³/mol. The van der Waals surface area contributed by atoms with Crippen LogP contribution in [0, 0.1) is 11.7 Å². The van der Waals surface area contributed by atoms with Gasteiger partial charge < -0.3 is 4.90 Å². The van der Waals surface area contributed by atoms with Gasteiger partial charge in [-0.3, -0.25) is 4.79 Å². The molecular formula is C13H13ClFNO. The van der Waals surface area contributed by atoms with Crippen LogP contribution in [0.25, 0.3) is 0 Å². The molecule has 0 aliphatic carbocycles. The highest BCUT2D eigenvalue weighted by atomic mass is 35.5. The van der Waals surface area contributed by atoms with Crippen LogP contribution in [-0.2, 0) is 11.3 Å². The fourth-order valence-corrected chi connectivity index (χ4v) is 2.16. The Bertz CT molecular complexity index is 461. The number of amides is 1. The second kappa shape index (κ2) is 4.88. The minimum absolute atomic E-state index is 0.0650. The minimum atomic E-state index is -0.337. The summed E-state index contributed by atoms with van der Waals surface area (Å²) in [6.07, 6.45) is 2.27. The van der Waals surface area contributed by atoms with Gasteiger partial charge in [0.2, 0.25) is 5.91 Å². The molecule has 1 aromatic rings. The van der Waals surface area contributed by atoms with E-state index in [2.05, 4.69) is 6.58 Å². The first-order valence-corrected chi connectivity index (χ1v) is 5.82. The molecule has 0 aromatic heterocycles. The molecule has 1 unspecified atom stereocenters. The van der Waals surface area contributed by atoms with Crippen molar-refractivity contribution < 1.29 is 9.18 Å². The summed E-state index contributed by atoms with van der Waals surface area (Å²) in [6.45, 7) is 4.68. The summed E-state index contributed by atoms with van der Waals surface area (Å²) in [5, 5.41) is 0.487. The zero-order chi connectivity index (χ0) is 12.4. The molecular weight excluding hydrogens is 241 g/mol. The minimum Gasteiger partial charge on any atom is -0.338 e. The molecule has 2 rings (SSSR count). The standard InChI is InChI=1S/C13H13ClFNO/c1-2-9-5-13(17)16(7-9)8-10-6-11(15)3-4-12(10)14/h2-4,6,9H,1,5,7-8H2. The number of nitrogens with zero attached hydrogens (tertiary/aromatic N) is 1. The lowest BCUT2D eigenvalue weighted by Gasteiger charge is -2.17. The zero-order valence-corrected chi connectivity index (χ0v) is 10.1. The van der Waals surface area contributed by atoms with Gasteiger partial charge in [-0.1, -0.05) is 17.7 Å². The first-order chi connectivity index (χ1) is 8.10. The van der Waals surface area contributed by atoms with Crippen LogP contribution in [0.1, 0.15) is 12.0 Å². The molecule has 2 nitrogen and oxygen atoms in total. The van der Waals surface area contributed by atoms with Gasteiger partial charge in [-0.05, 0) is 23.8 Å². The van der Waals surface area contributed by atoms with Crippen molar-refractivity contribution in [3.63, 3.8) is 0 Å². The summed E-state index contributed by atoms with van der Waals surface area (Å²) in [4.78, 5) is 13.4. The maximum atomic E-state index is 13.1. The fourth-order valence-electron chi connectivity index (χ4n) is 1.98. The van der Waals surface area contributed by atoms with Gasteiger partial charge in [-0.25, -0.2) is 4.39 Å². The van der Waals surface area contributed by atoms with E-state index in [0.29, 0.717) is 30.1 Å². The van der Waals surface area contributed by atoms with E-state index in [1.807, 2.05) is 0 Å². The molecule has 1 atom stereocenters. The van der Waals surface area contributed by atoms with Crippen molar-refractivity contribution in [2.24, 2.45) is 5.92 Å². The van der Waals surface area contributed by atoms with Gasteiger partial charge in [-0.15, -0.1) is 6.58 Å². The fraction of sp³-hybridized carbons (Fsp3) is 0.308. The van der Waals surface area contributed by atoms with Crippen LogP contribution in [-0.4, -0.2) is 17.4 Å². The number of carbonyl (C=O) groups is 1. The molecule has 1 aliphatic heterocycles. The van der Waals surface area contributed by atoms with Crippen LogP contribution in [0.5, 0.6) is 0 Å². The van der Waals surface area contributed by atoms with Crippen LogP contribution in [0.4, 0.5) is 4.39 Å². The molecule has 1 aliphatic rings. The molecule has 0 spiro atoms. The molecule has 1 saturated heterocycles. The zero-order valence-electron chi connectivity index (χ0n) is 9.33. The molecule has 4 heteroatoms. The summed E-state index contributed by atoms with van der Waals surface area (Å²) < 4.78 is 13.1. The predicted octanol–water partition coefficient (Wildman–Crippen LogP) is 3.01. The molecule has 17 heavy (non-hydrogen) atoms. The Balaban J connectivity index is 2.13. The average molecular weight is 254 g/mol. The van der Waals surface area contributed by atoms with Crippen LogP contribution in [0.15, 0.2) is 30.9 Å². The number of halogens is 2. The highest BCUT2D eigenvalue weighted by Gasteiger charge is 2.27. The molecule has 0 radical (unpaired) electrons. The third-order valence-electron chi connectivity index (χ3n) is 2.95. The maximum absolute atomic E-state index is 13.1. The number of hydrogen-bond acceptors (Lipinski definition) is 1. The van der Waals surface area contributed by atoms with Gasteiger partial charge in [0.05, 0.1) is 0 Å². The summed E-state index contributed by atoms with van der Waals surface area (Å²) in [5.41, 5.74) is 0.643. The Morgan fingerprint density at radius 1 is 1.59 bits per heavy atom. The normalized spacial score (nSPS) is 19.8. The van der Waals surface area contributed by atoms with Gasteiger partial charge >= 0.3 is 0 Å². The average Bonchev–Trinajstić information content (AvgIpc) is 2.65. The van der Waals surface area contributed by atoms with Gasteiger partial charge in [0, 0.05) is 30.5 Å². The lowest BCUT2D eigenvalue weighted by molar-refractivity contribution is -0.128. The van der Waals surface area contributed by atoms with E-state index in [9.17, 15) is 9.18 Å². The number of benzene rings is 1. The first kappa shape index (κ1) is 12.1. The monoisotopic (exact) mass is 253 g/mol. The smallest absolute Gasteiger partial charge is 0.223 e. The Labute approximate surface area is 105 Å². The Hall–Kier alpha value is -1.35. The van der Waals surface area contributed by atoms with Gasteiger partial charge in [0.15, 0.2) is 0 Å². The highest BCUT2D eigenvalue weighted by Crippen LogP contribution is 2.24. The molecule has 0 N–H and O–H groups in total. The van der Waals surface area contributed by atoms with E-state index in [4.69, 9.17) is 11.6 Å². The number of carbonyl (C=O) groups excluding carboxylic acids is 1. The van der Waals surface area contributed by atoms with E-state index in [1.54, 1.807) is 11.0 Å². The van der Waals surface area contributed by atoms with Crippen LogP contribution in [0.2, 0.25) is 5.02 Å². The highest BCUT2D eigenvalue weighted by molar-refractivity contribution is 6.31. The molecule has 1 aromatic carbocycles. The van der Waals surface area contributed by atoms with E-state index in [0.717, 1.165) is 0 Å². The summed E-state index contributed by atoms with van der Waals surface area (Å²) >= 11 is 5.97. The van der Waals surface area contributed by atoms with Crippen LogP contribution >= 0.6 is 11.6 Å². The lowest BCUT2D eigenvalue weighted by Crippen LogP contribution is -2.24. The molecule has 1 heterocycles. The van der Waals surface area contributed by atoms with E-state index in [-0.39, 0.29) is 17.6 Å². The second-order valence-corrected chi connectivity index (χ2v) is 4.62. The van der Waals surface area contributed by atoms with E-state index >= 15 is 0 Å². The van der Waals surface area contributed by atoms with Crippen molar-refractivity contribution in [2.45, 2.75) is 13.0 Å². The SMILES string of the molecule is C=CC1CC(=O)N(Cc2cc(F)ccc2Cl)C1. The quantitative estimate of drug-likeness (QED) is 0.759. The second-order valence-electron chi connectivity index (χ2n) is 4.21. The third kappa shape index (κ3) is 2.67. The largest absolute Gasteiger partial charge is 0.338 e. The molecule has 0 saturated carbocycles. The van der Waals surface area contributed by atoms with E-state index < -0.39 is 0 Å². The van der Waals surface area contributed by atoms with Crippen molar-refractivity contribution in [2.75, 3.05) is 6.54 Å². The van der Waals surface area contributed by atoms with Crippen molar-refractivity contribution >= 4 is 17.5 Å². The maximum Gasteiger partial charge on any atom is 0.223 e. The van der Waals surface area contributed by atoms with Crippen molar-refractivity contribution in [1.29, 1.82) is 0 Å². The van der Waals surface area contributed by atoms with Gasteiger partial charge in [0.1, 0.15) is 5.82 Å². The van der Waals surface area contributed by atoms with E-state index in [1.165, 1.54) is 18.2 Å². The van der Waals surface area contributed by atoms with Crippen molar-refractivity contribution in [3.8, 4) is 0 Å². The number of hydrogen-bond donors (Lipinski definition) is 0. The Morgan fingerprint density at radius 3 is 3.00 bits per heavy atom. The summed E-state index contributed by atoms with van der Waals surface area (Å²) in [6, 6.07) is 4.19. The number of rotatable bonds is 3. The van der Waals surface area contributed by atoms with Gasteiger partial charge in [-0.2, -0.15) is 0 Å². The molecule has 1 amide bonds. The van der Waals surface area contributed by atoms with Crippen molar-refractivity contribution in [3.05, 3.63) is 47.3 Å². The van der Waals surface area contributed by atoms with Crippen LogP contribution in [0.3, 0.4) is 0 Å². The molecule has 0 bridgehead atoms. The number of likely N-dealkylation sites (tertiary alicyclic amines) is 1. The molecule has 1 fully saturated rings. The lowest BCUT2D eigenvalue weighted by atomic mass is 10.1. The summed E-state index contributed by atoms with van der Waals surface area (Å²) in [5.74, 6) is -0.0821. The topological polar surface area (TPSA) is 20.3 Å². The van der Waals surface area contributed by atoms with Gasteiger partial charge in [0.25, 0.3) is 0 Å².